The number of carbonyl (C=O) groups excluding carboxylic acids is 1. The highest BCUT2D eigenvalue weighted by molar-refractivity contribution is 7.89. The minimum absolute atomic E-state index is 0.0194. The Morgan fingerprint density at radius 1 is 1.37 bits per heavy atom. The summed E-state index contributed by atoms with van der Waals surface area (Å²) in [6, 6.07) is 3.71. The number of Topliss-reactive ketones (excluding diaryl/α,β-unsaturated/α-hetero) is 1. The van der Waals surface area contributed by atoms with Gasteiger partial charge in [-0.15, -0.1) is 0 Å². The molecule has 0 amide bonds. The molecule has 0 bridgehead atoms. The van der Waals surface area contributed by atoms with E-state index in [9.17, 15) is 17.6 Å². The van der Waals surface area contributed by atoms with Crippen LogP contribution in [0.5, 0.6) is 0 Å². The first-order valence-electron chi connectivity index (χ1n) is 6.11. The van der Waals surface area contributed by atoms with Gasteiger partial charge in [-0.05, 0) is 24.6 Å². The first-order valence-corrected chi connectivity index (χ1v) is 7.55. The predicted molar refractivity (Wildman–Crippen MR) is 68.7 cm³/mol. The quantitative estimate of drug-likeness (QED) is 0.831. The largest absolute Gasteiger partial charge is 0.299 e. The summed E-state index contributed by atoms with van der Waals surface area (Å²) in [7, 11) is -3.73. The number of halogens is 1. The van der Waals surface area contributed by atoms with Crippen molar-refractivity contribution in [2.75, 3.05) is 13.1 Å². The molecule has 1 fully saturated rings. The van der Waals surface area contributed by atoms with Crippen molar-refractivity contribution in [3.63, 3.8) is 0 Å². The van der Waals surface area contributed by atoms with Crippen LogP contribution in [0.15, 0.2) is 23.1 Å². The van der Waals surface area contributed by atoms with Gasteiger partial charge in [0.1, 0.15) is 11.6 Å². The highest BCUT2D eigenvalue weighted by Crippen LogP contribution is 2.24. The molecule has 1 heterocycles. The number of hydrogen-bond donors (Lipinski definition) is 0. The molecule has 1 aromatic carbocycles. The Labute approximate surface area is 112 Å². The summed E-state index contributed by atoms with van der Waals surface area (Å²) in [5.41, 5.74) is 0.506. The molecule has 0 aromatic heterocycles. The molecule has 19 heavy (non-hydrogen) atoms. The molecule has 0 N–H and O–H groups in total. The van der Waals surface area contributed by atoms with Gasteiger partial charge in [0.25, 0.3) is 0 Å². The van der Waals surface area contributed by atoms with Crippen LogP contribution in [0.1, 0.15) is 18.9 Å². The summed E-state index contributed by atoms with van der Waals surface area (Å²) in [4.78, 5) is 11.4. The third kappa shape index (κ3) is 2.69. The third-order valence-electron chi connectivity index (χ3n) is 3.40. The average molecular weight is 285 g/mol. The third-order valence-corrected chi connectivity index (χ3v) is 5.41. The van der Waals surface area contributed by atoms with Gasteiger partial charge in [-0.2, -0.15) is 4.31 Å². The van der Waals surface area contributed by atoms with Crippen molar-refractivity contribution in [3.8, 4) is 0 Å². The molecule has 1 aromatic rings. The van der Waals surface area contributed by atoms with E-state index in [1.54, 1.807) is 13.8 Å². The number of sulfonamides is 1. The molecule has 1 atom stereocenters. The van der Waals surface area contributed by atoms with Gasteiger partial charge in [0.05, 0.1) is 4.90 Å². The second-order valence-corrected chi connectivity index (χ2v) is 6.80. The Hall–Kier alpha value is -1.27. The molecule has 1 aliphatic rings. The summed E-state index contributed by atoms with van der Waals surface area (Å²) in [6.45, 7) is 3.67. The lowest BCUT2D eigenvalue weighted by Gasteiger charge is -2.29. The van der Waals surface area contributed by atoms with Crippen molar-refractivity contribution in [1.29, 1.82) is 0 Å². The summed E-state index contributed by atoms with van der Waals surface area (Å²) < 4.78 is 39.4. The Balaban J connectivity index is 2.37. The number of aryl methyl sites for hydroxylation is 1. The van der Waals surface area contributed by atoms with Gasteiger partial charge in [0.2, 0.25) is 10.0 Å². The van der Waals surface area contributed by atoms with E-state index >= 15 is 0 Å². The predicted octanol–water partition coefficient (Wildman–Crippen LogP) is 1.73. The summed E-state index contributed by atoms with van der Waals surface area (Å²) in [6.07, 6.45) is 0.217. The lowest BCUT2D eigenvalue weighted by Crippen LogP contribution is -2.43. The normalized spacial score (nSPS) is 21.6. The first kappa shape index (κ1) is 14.1. The van der Waals surface area contributed by atoms with E-state index in [0.29, 0.717) is 5.56 Å². The van der Waals surface area contributed by atoms with E-state index < -0.39 is 15.8 Å². The van der Waals surface area contributed by atoms with Crippen LogP contribution in [-0.2, 0) is 14.8 Å². The zero-order valence-electron chi connectivity index (χ0n) is 10.9. The highest BCUT2D eigenvalue weighted by Gasteiger charge is 2.33. The second-order valence-electron chi connectivity index (χ2n) is 4.89. The van der Waals surface area contributed by atoms with E-state index in [2.05, 4.69) is 0 Å². The van der Waals surface area contributed by atoms with Gasteiger partial charge in [-0.25, -0.2) is 12.8 Å². The van der Waals surface area contributed by atoms with E-state index in [0.717, 1.165) is 6.07 Å². The van der Waals surface area contributed by atoms with Crippen LogP contribution in [0, 0.1) is 18.7 Å². The number of ketones is 1. The second kappa shape index (κ2) is 5.02. The Morgan fingerprint density at radius 2 is 2.05 bits per heavy atom. The maximum atomic E-state index is 13.2. The van der Waals surface area contributed by atoms with Gasteiger partial charge in [0, 0.05) is 25.4 Å². The minimum atomic E-state index is -3.73. The van der Waals surface area contributed by atoms with E-state index in [4.69, 9.17) is 0 Å². The number of carbonyl (C=O) groups is 1. The number of nitrogens with zero attached hydrogens (tertiary/aromatic N) is 1. The Kier molecular flexibility index (Phi) is 3.73. The lowest BCUT2D eigenvalue weighted by molar-refractivity contribution is -0.124. The molecule has 1 unspecified atom stereocenters. The average Bonchev–Trinajstić information content (AvgIpc) is 2.35. The van der Waals surface area contributed by atoms with Crippen LogP contribution in [0.3, 0.4) is 0 Å². The van der Waals surface area contributed by atoms with Crippen LogP contribution in [-0.4, -0.2) is 31.6 Å². The van der Waals surface area contributed by atoms with Crippen molar-refractivity contribution in [2.24, 2.45) is 5.92 Å². The Bertz CT molecular complexity index is 612. The monoisotopic (exact) mass is 285 g/mol. The van der Waals surface area contributed by atoms with Gasteiger partial charge < -0.3 is 0 Å². The maximum absolute atomic E-state index is 13.2. The number of hydrogen-bond acceptors (Lipinski definition) is 3. The molecule has 6 heteroatoms. The topological polar surface area (TPSA) is 54.5 Å². The zero-order chi connectivity index (χ0) is 14.2. The molecule has 1 aliphatic heterocycles. The van der Waals surface area contributed by atoms with E-state index in [1.807, 2.05) is 0 Å². The Morgan fingerprint density at radius 3 is 2.68 bits per heavy atom. The minimum Gasteiger partial charge on any atom is -0.299 e. The van der Waals surface area contributed by atoms with Crippen LogP contribution < -0.4 is 0 Å². The molecule has 4 nitrogen and oxygen atoms in total. The van der Waals surface area contributed by atoms with Gasteiger partial charge in [-0.1, -0.05) is 13.0 Å². The maximum Gasteiger partial charge on any atom is 0.243 e. The fraction of sp³-hybridized carbons (Fsp3) is 0.462. The number of benzene rings is 1. The molecular formula is C13H16FNO3S. The first-order chi connectivity index (χ1) is 8.82. The van der Waals surface area contributed by atoms with Crippen molar-refractivity contribution >= 4 is 15.8 Å². The van der Waals surface area contributed by atoms with E-state index in [1.165, 1.54) is 16.4 Å². The molecule has 0 aliphatic carbocycles. The number of piperidine rings is 1. The molecule has 1 saturated heterocycles. The van der Waals surface area contributed by atoms with E-state index in [-0.39, 0.29) is 36.1 Å². The van der Waals surface area contributed by atoms with Crippen molar-refractivity contribution in [3.05, 3.63) is 29.6 Å². The lowest BCUT2D eigenvalue weighted by atomic mass is 10.0. The molecule has 0 spiro atoms. The fourth-order valence-corrected chi connectivity index (χ4v) is 3.96. The molecule has 2 rings (SSSR count). The van der Waals surface area contributed by atoms with Crippen molar-refractivity contribution in [2.45, 2.75) is 25.2 Å². The molecule has 0 saturated carbocycles. The van der Waals surface area contributed by atoms with Gasteiger partial charge in [-0.3, -0.25) is 4.79 Å². The van der Waals surface area contributed by atoms with Crippen molar-refractivity contribution < 1.29 is 17.6 Å². The molecule has 104 valence electrons. The fourth-order valence-electron chi connectivity index (χ4n) is 2.19. The summed E-state index contributed by atoms with van der Waals surface area (Å²) in [5.74, 6) is -0.815. The molecule has 0 radical (unpaired) electrons. The van der Waals surface area contributed by atoms with Crippen LogP contribution in [0.25, 0.3) is 0 Å². The highest BCUT2D eigenvalue weighted by atomic mass is 32.2. The van der Waals surface area contributed by atoms with Crippen LogP contribution >= 0.6 is 0 Å². The standard InChI is InChI=1S/C13H16FNO3S/c1-9-3-4-11(14)7-13(9)19(17,18)15-6-5-12(16)10(2)8-15/h3-4,7,10H,5-6,8H2,1-2H3. The van der Waals surface area contributed by atoms with Crippen molar-refractivity contribution in [1.82, 2.24) is 4.31 Å². The molecular weight excluding hydrogens is 269 g/mol. The zero-order valence-corrected chi connectivity index (χ0v) is 11.7. The van der Waals surface area contributed by atoms with Crippen LogP contribution in [0.4, 0.5) is 4.39 Å². The summed E-state index contributed by atoms with van der Waals surface area (Å²) in [5, 5.41) is 0. The van der Waals surface area contributed by atoms with Gasteiger partial charge >= 0.3 is 0 Å². The SMILES string of the molecule is Cc1ccc(F)cc1S(=O)(=O)N1CCC(=O)C(C)C1. The smallest absolute Gasteiger partial charge is 0.243 e. The number of rotatable bonds is 2. The summed E-state index contributed by atoms with van der Waals surface area (Å²) >= 11 is 0. The van der Waals surface area contributed by atoms with Crippen LogP contribution in [0.2, 0.25) is 0 Å². The van der Waals surface area contributed by atoms with Gasteiger partial charge in [0.15, 0.2) is 0 Å².